The average Bonchev–Trinajstić information content (AvgIpc) is 2.87. The third-order valence-electron chi connectivity index (χ3n) is 2.79. The topological polar surface area (TPSA) is 82.0 Å². The Morgan fingerprint density at radius 1 is 1.10 bits per heavy atom. The highest BCUT2D eigenvalue weighted by atomic mass is 35.5. The number of nitrogens with two attached hydrogens (primary N) is 1. The molecule has 0 saturated carbocycles. The molecule has 7 heteroatoms. The lowest BCUT2D eigenvalue weighted by molar-refractivity contribution is 0.0995. The van der Waals surface area contributed by atoms with E-state index in [1.165, 1.54) is 6.26 Å². The standard InChI is InChI=1S/C14H11N3O2.2ClH/c15-14(18)12-8-19-13(17-12)7-10-6-5-9-3-1-2-4-11(9)16-10;;/h1-6,8H,7H2,(H2,15,18);2*1H. The summed E-state index contributed by atoms with van der Waals surface area (Å²) in [6, 6.07) is 11.8. The number of hydrogen-bond donors (Lipinski definition) is 1. The molecule has 2 aromatic heterocycles. The van der Waals surface area contributed by atoms with E-state index in [1.807, 2.05) is 36.4 Å². The number of halogens is 2. The molecule has 0 spiro atoms. The Kier molecular flexibility index (Phi) is 5.69. The normalized spacial score (nSPS) is 9.71. The molecule has 0 aliphatic heterocycles. The van der Waals surface area contributed by atoms with Crippen LogP contribution in [0.4, 0.5) is 0 Å². The second-order valence-electron chi connectivity index (χ2n) is 4.16. The number of amides is 1. The molecule has 5 nitrogen and oxygen atoms in total. The first-order chi connectivity index (χ1) is 9.22. The number of rotatable bonds is 3. The Bertz CT molecular complexity index is 759. The number of primary amides is 1. The first kappa shape index (κ1) is 16.9. The molecule has 2 N–H and O–H groups in total. The van der Waals surface area contributed by atoms with Crippen LogP contribution in [0.2, 0.25) is 0 Å². The second kappa shape index (κ2) is 7.06. The maximum Gasteiger partial charge on any atom is 0.270 e. The van der Waals surface area contributed by atoms with Gasteiger partial charge in [0, 0.05) is 5.39 Å². The van der Waals surface area contributed by atoms with E-state index in [1.54, 1.807) is 0 Å². The van der Waals surface area contributed by atoms with Gasteiger partial charge in [-0.2, -0.15) is 0 Å². The third-order valence-corrected chi connectivity index (χ3v) is 2.79. The van der Waals surface area contributed by atoms with Crippen LogP contribution >= 0.6 is 24.8 Å². The van der Waals surface area contributed by atoms with E-state index in [0.29, 0.717) is 12.3 Å². The van der Waals surface area contributed by atoms with E-state index in [4.69, 9.17) is 10.2 Å². The van der Waals surface area contributed by atoms with Crippen molar-refractivity contribution >= 4 is 41.6 Å². The Balaban J connectivity index is 0.00000110. The molecule has 1 amide bonds. The van der Waals surface area contributed by atoms with Gasteiger partial charge in [0.15, 0.2) is 5.69 Å². The lowest BCUT2D eigenvalue weighted by Gasteiger charge is -2.00. The van der Waals surface area contributed by atoms with Crippen LogP contribution in [0.15, 0.2) is 47.1 Å². The Morgan fingerprint density at radius 3 is 2.57 bits per heavy atom. The number of carbonyl (C=O) groups is 1. The Labute approximate surface area is 133 Å². The zero-order chi connectivity index (χ0) is 13.2. The molecule has 2 heterocycles. The van der Waals surface area contributed by atoms with Crippen molar-refractivity contribution in [2.75, 3.05) is 0 Å². The van der Waals surface area contributed by atoms with Crippen molar-refractivity contribution in [2.24, 2.45) is 5.73 Å². The Morgan fingerprint density at radius 2 is 1.86 bits per heavy atom. The maximum absolute atomic E-state index is 10.9. The van der Waals surface area contributed by atoms with Gasteiger partial charge in [0.05, 0.1) is 17.6 Å². The van der Waals surface area contributed by atoms with E-state index in [9.17, 15) is 4.79 Å². The summed E-state index contributed by atoms with van der Waals surface area (Å²) in [6.45, 7) is 0. The summed E-state index contributed by atoms with van der Waals surface area (Å²) in [5, 5.41) is 1.08. The van der Waals surface area contributed by atoms with Gasteiger partial charge >= 0.3 is 0 Å². The summed E-state index contributed by atoms with van der Waals surface area (Å²) in [7, 11) is 0. The van der Waals surface area contributed by atoms with Gasteiger partial charge in [0.25, 0.3) is 5.91 Å². The summed E-state index contributed by atoms with van der Waals surface area (Å²) in [6.07, 6.45) is 1.69. The van der Waals surface area contributed by atoms with Crippen molar-refractivity contribution in [3.63, 3.8) is 0 Å². The summed E-state index contributed by atoms with van der Waals surface area (Å²) >= 11 is 0. The zero-order valence-electron chi connectivity index (χ0n) is 10.9. The minimum Gasteiger partial charge on any atom is -0.448 e. The van der Waals surface area contributed by atoms with Crippen molar-refractivity contribution < 1.29 is 9.21 Å². The van der Waals surface area contributed by atoms with Crippen molar-refractivity contribution in [3.8, 4) is 0 Å². The van der Waals surface area contributed by atoms with E-state index >= 15 is 0 Å². The van der Waals surface area contributed by atoms with Crippen LogP contribution in [0.3, 0.4) is 0 Å². The monoisotopic (exact) mass is 325 g/mol. The molecule has 0 unspecified atom stereocenters. The van der Waals surface area contributed by atoms with E-state index in [0.717, 1.165) is 16.6 Å². The fourth-order valence-corrected chi connectivity index (χ4v) is 1.87. The third kappa shape index (κ3) is 3.71. The summed E-state index contributed by atoms with van der Waals surface area (Å²) in [5.74, 6) is -0.168. The molecule has 21 heavy (non-hydrogen) atoms. The number of benzene rings is 1. The molecule has 110 valence electrons. The van der Waals surface area contributed by atoms with Gasteiger partial charge in [0.2, 0.25) is 5.89 Å². The fraction of sp³-hybridized carbons (Fsp3) is 0.0714. The molecule has 0 fully saturated rings. The highest BCUT2D eigenvalue weighted by Gasteiger charge is 2.09. The molecule has 0 radical (unpaired) electrons. The molecule has 0 atom stereocenters. The van der Waals surface area contributed by atoms with Crippen LogP contribution in [0.5, 0.6) is 0 Å². The molecule has 0 saturated heterocycles. The summed E-state index contributed by atoms with van der Waals surface area (Å²) in [4.78, 5) is 19.4. The number of para-hydroxylation sites is 1. The lowest BCUT2D eigenvalue weighted by Crippen LogP contribution is -2.11. The minimum absolute atomic E-state index is 0. The molecular formula is C14H13Cl2N3O2. The van der Waals surface area contributed by atoms with Crippen LogP contribution in [0.1, 0.15) is 22.1 Å². The summed E-state index contributed by atoms with van der Waals surface area (Å²) < 4.78 is 5.19. The van der Waals surface area contributed by atoms with Gasteiger partial charge in [-0.05, 0) is 12.1 Å². The first-order valence-electron chi connectivity index (χ1n) is 5.81. The maximum atomic E-state index is 10.9. The fourth-order valence-electron chi connectivity index (χ4n) is 1.87. The van der Waals surface area contributed by atoms with Crippen LogP contribution < -0.4 is 5.73 Å². The average molecular weight is 326 g/mol. The molecule has 3 aromatic rings. The Hall–Kier alpha value is -2.11. The van der Waals surface area contributed by atoms with Gasteiger partial charge in [-0.15, -0.1) is 24.8 Å². The second-order valence-corrected chi connectivity index (χ2v) is 4.16. The number of fused-ring (bicyclic) bond motifs is 1. The molecule has 3 rings (SSSR count). The first-order valence-corrected chi connectivity index (χ1v) is 5.81. The predicted molar refractivity (Wildman–Crippen MR) is 84.1 cm³/mol. The quantitative estimate of drug-likeness (QED) is 0.802. The van der Waals surface area contributed by atoms with Crippen LogP contribution in [-0.4, -0.2) is 15.9 Å². The minimum atomic E-state index is -0.596. The van der Waals surface area contributed by atoms with E-state index in [2.05, 4.69) is 9.97 Å². The van der Waals surface area contributed by atoms with E-state index in [-0.39, 0.29) is 30.5 Å². The number of hydrogen-bond acceptors (Lipinski definition) is 4. The highest BCUT2D eigenvalue weighted by molar-refractivity contribution is 5.90. The predicted octanol–water partition coefficient (Wildman–Crippen LogP) is 2.76. The van der Waals surface area contributed by atoms with Gasteiger partial charge in [-0.25, -0.2) is 4.98 Å². The van der Waals surface area contributed by atoms with Crippen LogP contribution in [0.25, 0.3) is 10.9 Å². The number of nitrogens with zero attached hydrogens (tertiary/aromatic N) is 2. The van der Waals surface area contributed by atoms with Crippen LogP contribution in [-0.2, 0) is 6.42 Å². The van der Waals surface area contributed by atoms with Gasteiger partial charge in [0.1, 0.15) is 6.26 Å². The number of pyridine rings is 1. The van der Waals surface area contributed by atoms with Crippen molar-refractivity contribution in [1.29, 1.82) is 0 Å². The number of aromatic nitrogens is 2. The number of carbonyl (C=O) groups excluding carboxylic acids is 1. The smallest absolute Gasteiger partial charge is 0.270 e. The SMILES string of the molecule is Cl.Cl.NC(=O)c1coc(Cc2ccc3ccccc3n2)n1. The largest absolute Gasteiger partial charge is 0.448 e. The van der Waals surface area contributed by atoms with Gasteiger partial charge < -0.3 is 10.2 Å². The molecule has 0 bridgehead atoms. The van der Waals surface area contributed by atoms with Crippen molar-refractivity contribution in [2.45, 2.75) is 6.42 Å². The molecule has 0 aliphatic carbocycles. The van der Waals surface area contributed by atoms with E-state index < -0.39 is 5.91 Å². The molecular weight excluding hydrogens is 313 g/mol. The van der Waals surface area contributed by atoms with Crippen molar-refractivity contribution in [3.05, 3.63) is 59.9 Å². The van der Waals surface area contributed by atoms with Gasteiger partial charge in [-0.1, -0.05) is 24.3 Å². The molecule has 0 aliphatic rings. The molecule has 1 aromatic carbocycles. The summed E-state index contributed by atoms with van der Waals surface area (Å²) in [5.41, 5.74) is 7.00. The highest BCUT2D eigenvalue weighted by Crippen LogP contribution is 2.14. The van der Waals surface area contributed by atoms with Gasteiger partial charge in [-0.3, -0.25) is 9.78 Å². The van der Waals surface area contributed by atoms with Crippen LogP contribution in [0, 0.1) is 0 Å². The number of oxazole rings is 1. The van der Waals surface area contributed by atoms with Crippen molar-refractivity contribution in [1.82, 2.24) is 9.97 Å². The lowest BCUT2D eigenvalue weighted by atomic mass is 10.2. The zero-order valence-corrected chi connectivity index (χ0v) is 12.5.